The van der Waals surface area contributed by atoms with E-state index in [1.807, 2.05) is 0 Å². The van der Waals surface area contributed by atoms with Crippen LogP contribution < -0.4 is 20.7 Å². The number of carbonyl (C=O) groups is 3. The fourth-order valence-corrected chi connectivity index (χ4v) is 2.32. The molecule has 0 aromatic heterocycles. The van der Waals surface area contributed by atoms with Gasteiger partial charge in [0.2, 0.25) is 5.91 Å². The first kappa shape index (κ1) is 22.7. The monoisotopic (exact) mass is 423 g/mol. The van der Waals surface area contributed by atoms with E-state index in [1.54, 1.807) is 35.6 Å². The van der Waals surface area contributed by atoms with Crippen LogP contribution >= 0.6 is 0 Å². The van der Waals surface area contributed by atoms with Gasteiger partial charge in [-0.25, -0.2) is 0 Å². The minimum atomic E-state index is -4.56. The molecule has 0 heterocycles. The predicted molar refractivity (Wildman–Crippen MR) is 103 cm³/mol. The van der Waals surface area contributed by atoms with Crippen LogP contribution in [0.2, 0.25) is 0 Å². The molecule has 0 saturated carbocycles. The number of hydrogen-bond donors (Lipinski definition) is 3. The van der Waals surface area contributed by atoms with Crippen LogP contribution in [0.4, 0.5) is 18.9 Å². The highest BCUT2D eigenvalue weighted by Crippen LogP contribution is 2.17. The number of para-hydroxylation sites is 2. The van der Waals surface area contributed by atoms with Crippen molar-refractivity contribution in [1.29, 1.82) is 0 Å². The van der Waals surface area contributed by atoms with Gasteiger partial charge in [-0.2, -0.15) is 13.2 Å². The molecule has 30 heavy (non-hydrogen) atoms. The number of ether oxygens (including phenoxy) is 1. The number of nitrogens with one attached hydrogen (secondary N) is 3. The summed E-state index contributed by atoms with van der Waals surface area (Å²) in [4.78, 5) is 36.3. The highest BCUT2D eigenvalue weighted by Gasteiger charge is 2.28. The Kier molecular flexibility index (Phi) is 7.79. The van der Waals surface area contributed by atoms with Gasteiger partial charge >= 0.3 is 6.18 Å². The van der Waals surface area contributed by atoms with Crippen molar-refractivity contribution in [3.05, 3.63) is 60.2 Å². The van der Waals surface area contributed by atoms with Crippen molar-refractivity contribution in [3.63, 3.8) is 0 Å². The maximum Gasteiger partial charge on any atom is 0.405 e. The molecule has 2 rings (SSSR count). The minimum Gasteiger partial charge on any atom is -0.484 e. The molecule has 3 amide bonds. The summed E-state index contributed by atoms with van der Waals surface area (Å²) < 4.78 is 42.2. The molecule has 0 unspecified atom stereocenters. The Morgan fingerprint density at radius 3 is 2.30 bits per heavy atom. The topological polar surface area (TPSA) is 96.5 Å². The highest BCUT2D eigenvalue weighted by atomic mass is 19.4. The Hall–Kier alpha value is -3.56. The zero-order valence-corrected chi connectivity index (χ0v) is 16.0. The second kappa shape index (κ2) is 10.3. The number of benzene rings is 2. The third-order valence-electron chi connectivity index (χ3n) is 3.76. The number of halogens is 3. The maximum absolute atomic E-state index is 12.3. The number of carbonyl (C=O) groups excluding carboxylic acids is 3. The van der Waals surface area contributed by atoms with Crippen molar-refractivity contribution in [2.24, 2.45) is 0 Å². The lowest BCUT2D eigenvalue weighted by molar-refractivity contribution is -0.127. The number of amides is 3. The van der Waals surface area contributed by atoms with Gasteiger partial charge in [0.25, 0.3) is 11.8 Å². The fourth-order valence-electron chi connectivity index (χ4n) is 2.32. The number of rotatable bonds is 8. The quantitative estimate of drug-likeness (QED) is 0.608. The van der Waals surface area contributed by atoms with Gasteiger partial charge in [0, 0.05) is 0 Å². The SMILES string of the molecule is C[C@H](NC(=O)COc1ccccc1)C(=O)Nc1ccccc1C(=O)NCC(F)(F)F. The second-order valence-electron chi connectivity index (χ2n) is 6.22. The molecule has 0 aliphatic heterocycles. The van der Waals surface area contributed by atoms with Gasteiger partial charge in [-0.3, -0.25) is 14.4 Å². The molecule has 0 fully saturated rings. The van der Waals surface area contributed by atoms with E-state index < -0.39 is 36.5 Å². The average molecular weight is 423 g/mol. The molecule has 7 nitrogen and oxygen atoms in total. The summed E-state index contributed by atoms with van der Waals surface area (Å²) in [6.07, 6.45) is -4.56. The molecule has 10 heteroatoms. The molecule has 3 N–H and O–H groups in total. The first-order chi connectivity index (χ1) is 14.2. The molecule has 0 spiro atoms. The lowest BCUT2D eigenvalue weighted by Gasteiger charge is -2.16. The lowest BCUT2D eigenvalue weighted by Crippen LogP contribution is -2.43. The molecule has 2 aromatic carbocycles. The molecule has 0 aliphatic carbocycles. The summed E-state index contributed by atoms with van der Waals surface area (Å²) in [5, 5.41) is 6.61. The van der Waals surface area contributed by atoms with Gasteiger partial charge in [-0.1, -0.05) is 30.3 Å². The standard InChI is InChI=1S/C20H20F3N3O4/c1-13(25-17(27)11-30-14-7-3-2-4-8-14)18(28)26-16-10-6-5-9-15(16)19(29)24-12-20(21,22)23/h2-10,13H,11-12H2,1H3,(H,24,29)(H,25,27)(H,26,28)/t13-/m0/s1. The number of alkyl halides is 3. The van der Waals surface area contributed by atoms with Crippen LogP contribution in [0.1, 0.15) is 17.3 Å². The van der Waals surface area contributed by atoms with Crippen LogP contribution in [-0.4, -0.2) is 43.1 Å². The minimum absolute atomic E-state index is 0.0174. The summed E-state index contributed by atoms with van der Waals surface area (Å²) in [7, 11) is 0. The smallest absolute Gasteiger partial charge is 0.405 e. The molecule has 0 saturated heterocycles. The van der Waals surface area contributed by atoms with Gasteiger partial charge in [0.1, 0.15) is 18.3 Å². The van der Waals surface area contributed by atoms with E-state index in [1.165, 1.54) is 31.2 Å². The van der Waals surface area contributed by atoms with Crippen LogP contribution in [0.25, 0.3) is 0 Å². The van der Waals surface area contributed by atoms with E-state index in [2.05, 4.69) is 10.6 Å². The number of hydrogen-bond acceptors (Lipinski definition) is 4. The summed E-state index contributed by atoms with van der Waals surface area (Å²) in [5.74, 6) is -1.70. The van der Waals surface area contributed by atoms with Crippen molar-refractivity contribution in [2.75, 3.05) is 18.5 Å². The van der Waals surface area contributed by atoms with Crippen LogP contribution in [0.15, 0.2) is 54.6 Å². The summed E-state index contributed by atoms with van der Waals surface area (Å²) >= 11 is 0. The first-order valence-electron chi connectivity index (χ1n) is 8.88. The Balaban J connectivity index is 1.91. The van der Waals surface area contributed by atoms with Gasteiger partial charge in [-0.15, -0.1) is 0 Å². The van der Waals surface area contributed by atoms with Crippen molar-refractivity contribution < 1.29 is 32.3 Å². The van der Waals surface area contributed by atoms with Crippen LogP contribution in [0, 0.1) is 0 Å². The molecule has 160 valence electrons. The highest BCUT2D eigenvalue weighted by molar-refractivity contribution is 6.05. The third kappa shape index (κ3) is 7.46. The van der Waals surface area contributed by atoms with E-state index in [0.29, 0.717) is 5.75 Å². The predicted octanol–water partition coefficient (Wildman–Crippen LogP) is 2.50. The molecule has 0 radical (unpaired) electrons. The summed E-state index contributed by atoms with van der Waals surface area (Å²) in [6, 6.07) is 13.2. The van der Waals surface area contributed by atoms with Crippen LogP contribution in [0.5, 0.6) is 5.75 Å². The van der Waals surface area contributed by atoms with Crippen LogP contribution in [0.3, 0.4) is 0 Å². The van der Waals surface area contributed by atoms with E-state index in [-0.39, 0.29) is 17.9 Å². The van der Waals surface area contributed by atoms with E-state index in [4.69, 9.17) is 4.74 Å². The fraction of sp³-hybridized carbons (Fsp3) is 0.250. The third-order valence-corrected chi connectivity index (χ3v) is 3.76. The molecule has 0 bridgehead atoms. The Morgan fingerprint density at radius 2 is 1.63 bits per heavy atom. The Morgan fingerprint density at radius 1 is 1.00 bits per heavy atom. The molecule has 1 atom stereocenters. The molecular weight excluding hydrogens is 403 g/mol. The molecule has 0 aliphatic rings. The summed E-state index contributed by atoms with van der Waals surface area (Å²) in [6.45, 7) is -0.387. The molecular formula is C20H20F3N3O4. The first-order valence-corrected chi connectivity index (χ1v) is 8.88. The maximum atomic E-state index is 12.3. The van der Waals surface area contributed by atoms with Gasteiger partial charge in [-0.05, 0) is 31.2 Å². The van der Waals surface area contributed by atoms with Crippen molar-refractivity contribution in [1.82, 2.24) is 10.6 Å². The van der Waals surface area contributed by atoms with Gasteiger partial charge < -0.3 is 20.7 Å². The zero-order chi connectivity index (χ0) is 22.1. The average Bonchev–Trinajstić information content (AvgIpc) is 2.71. The lowest BCUT2D eigenvalue weighted by atomic mass is 10.1. The van der Waals surface area contributed by atoms with Gasteiger partial charge in [0.05, 0.1) is 11.3 Å². The molecule has 2 aromatic rings. The van der Waals surface area contributed by atoms with E-state index in [0.717, 1.165) is 0 Å². The second-order valence-corrected chi connectivity index (χ2v) is 6.22. The number of anilines is 1. The zero-order valence-electron chi connectivity index (χ0n) is 16.0. The van der Waals surface area contributed by atoms with E-state index >= 15 is 0 Å². The normalized spacial score (nSPS) is 11.9. The van der Waals surface area contributed by atoms with Crippen molar-refractivity contribution in [2.45, 2.75) is 19.1 Å². The Bertz CT molecular complexity index is 888. The van der Waals surface area contributed by atoms with Gasteiger partial charge in [0.15, 0.2) is 6.61 Å². The van der Waals surface area contributed by atoms with Crippen LogP contribution in [-0.2, 0) is 9.59 Å². The summed E-state index contributed by atoms with van der Waals surface area (Å²) in [5.41, 5.74) is -0.121. The van der Waals surface area contributed by atoms with E-state index in [9.17, 15) is 27.6 Å². The van der Waals surface area contributed by atoms with Crippen molar-refractivity contribution >= 4 is 23.4 Å². The Labute approximate surface area is 170 Å². The largest absolute Gasteiger partial charge is 0.484 e. The van der Waals surface area contributed by atoms with Crippen molar-refractivity contribution in [3.8, 4) is 5.75 Å².